The lowest BCUT2D eigenvalue weighted by Gasteiger charge is -2.24. The van der Waals surface area contributed by atoms with Crippen LogP contribution in [0.1, 0.15) is 11.7 Å². The number of rotatable bonds is 3. The second kappa shape index (κ2) is 5.98. The van der Waals surface area contributed by atoms with E-state index in [1.807, 2.05) is 0 Å². The summed E-state index contributed by atoms with van der Waals surface area (Å²) in [7, 11) is 0. The molecule has 0 saturated carbocycles. The Labute approximate surface area is 116 Å². The fraction of sp³-hybridized carbons (Fsp3) is 0.267. The van der Waals surface area contributed by atoms with E-state index in [2.05, 4.69) is 10.3 Å². The van der Waals surface area contributed by atoms with Crippen LogP contribution in [-0.4, -0.2) is 24.7 Å². The van der Waals surface area contributed by atoms with E-state index in [4.69, 9.17) is 9.47 Å². The highest BCUT2D eigenvalue weighted by atomic mass is 19.1. The standard InChI is InChI=1S/C15H15FN2O2/c16-14-2-1-12(20-11-3-5-17-6-4-11)9-13(14)15-10-18-7-8-19-15/h1-6,9,15,18H,7-8,10H2/t15-/m0/s1. The van der Waals surface area contributed by atoms with Crippen molar-refractivity contribution in [1.29, 1.82) is 0 Å². The first-order valence-corrected chi connectivity index (χ1v) is 6.52. The smallest absolute Gasteiger partial charge is 0.130 e. The van der Waals surface area contributed by atoms with Crippen molar-refractivity contribution >= 4 is 0 Å². The molecule has 1 aliphatic rings. The van der Waals surface area contributed by atoms with Crippen molar-refractivity contribution in [1.82, 2.24) is 10.3 Å². The molecule has 1 N–H and O–H groups in total. The summed E-state index contributed by atoms with van der Waals surface area (Å²) in [6.45, 7) is 1.99. The second-order valence-corrected chi connectivity index (χ2v) is 4.53. The molecule has 0 bridgehead atoms. The van der Waals surface area contributed by atoms with Crippen molar-refractivity contribution in [2.45, 2.75) is 6.10 Å². The molecule has 1 fully saturated rings. The van der Waals surface area contributed by atoms with Gasteiger partial charge >= 0.3 is 0 Å². The number of aromatic nitrogens is 1. The van der Waals surface area contributed by atoms with Gasteiger partial charge in [0.05, 0.1) is 12.7 Å². The number of nitrogens with one attached hydrogen (secondary N) is 1. The highest BCUT2D eigenvalue weighted by Crippen LogP contribution is 2.28. The second-order valence-electron chi connectivity index (χ2n) is 4.53. The zero-order chi connectivity index (χ0) is 13.8. The number of ether oxygens (including phenoxy) is 2. The molecule has 104 valence electrons. The molecule has 2 heterocycles. The molecular weight excluding hydrogens is 259 g/mol. The first kappa shape index (κ1) is 13.0. The van der Waals surface area contributed by atoms with Crippen LogP contribution in [-0.2, 0) is 4.74 Å². The van der Waals surface area contributed by atoms with E-state index in [1.54, 1.807) is 36.7 Å². The molecule has 1 aromatic carbocycles. The van der Waals surface area contributed by atoms with Gasteiger partial charge in [0, 0.05) is 31.0 Å². The average molecular weight is 274 g/mol. The summed E-state index contributed by atoms with van der Waals surface area (Å²) in [5, 5.41) is 3.19. The van der Waals surface area contributed by atoms with Gasteiger partial charge in [-0.25, -0.2) is 4.39 Å². The van der Waals surface area contributed by atoms with Crippen molar-refractivity contribution < 1.29 is 13.9 Å². The molecule has 1 saturated heterocycles. The van der Waals surface area contributed by atoms with Gasteiger partial charge in [-0.3, -0.25) is 4.98 Å². The van der Waals surface area contributed by atoms with E-state index in [9.17, 15) is 4.39 Å². The molecule has 20 heavy (non-hydrogen) atoms. The van der Waals surface area contributed by atoms with E-state index >= 15 is 0 Å². The third kappa shape index (κ3) is 2.95. The summed E-state index contributed by atoms with van der Waals surface area (Å²) in [4.78, 5) is 3.92. The van der Waals surface area contributed by atoms with Crippen LogP contribution in [0.2, 0.25) is 0 Å². The molecule has 1 atom stereocenters. The zero-order valence-electron chi connectivity index (χ0n) is 10.9. The van der Waals surface area contributed by atoms with E-state index in [1.165, 1.54) is 6.07 Å². The predicted octanol–water partition coefficient (Wildman–Crippen LogP) is 2.67. The number of hydrogen-bond donors (Lipinski definition) is 1. The van der Waals surface area contributed by atoms with E-state index < -0.39 is 0 Å². The maximum absolute atomic E-state index is 13.9. The van der Waals surface area contributed by atoms with Gasteiger partial charge in [-0.05, 0) is 30.3 Å². The number of benzene rings is 1. The van der Waals surface area contributed by atoms with E-state index in [0.29, 0.717) is 30.2 Å². The minimum Gasteiger partial charge on any atom is -0.457 e. The number of morpholine rings is 1. The monoisotopic (exact) mass is 274 g/mol. The summed E-state index contributed by atoms with van der Waals surface area (Å²) in [6.07, 6.45) is 3.02. The van der Waals surface area contributed by atoms with Crippen LogP contribution in [0.5, 0.6) is 11.5 Å². The lowest BCUT2D eigenvalue weighted by atomic mass is 10.1. The van der Waals surface area contributed by atoms with Crippen LogP contribution in [0.3, 0.4) is 0 Å². The summed E-state index contributed by atoms with van der Waals surface area (Å²) >= 11 is 0. The molecule has 5 heteroatoms. The van der Waals surface area contributed by atoms with Crippen molar-refractivity contribution in [3.63, 3.8) is 0 Å². The Morgan fingerprint density at radius 1 is 1.20 bits per heavy atom. The SMILES string of the molecule is Fc1ccc(Oc2ccncc2)cc1[C@@H]1CNCCO1. The molecule has 0 unspecified atom stereocenters. The fourth-order valence-corrected chi connectivity index (χ4v) is 2.14. The normalized spacial score (nSPS) is 18.8. The first-order valence-electron chi connectivity index (χ1n) is 6.52. The Bertz CT molecular complexity index is 571. The highest BCUT2D eigenvalue weighted by Gasteiger charge is 2.20. The van der Waals surface area contributed by atoms with Gasteiger partial charge in [-0.1, -0.05) is 0 Å². The topological polar surface area (TPSA) is 43.4 Å². The van der Waals surface area contributed by atoms with Gasteiger partial charge in [0.25, 0.3) is 0 Å². The Morgan fingerprint density at radius 2 is 2.05 bits per heavy atom. The van der Waals surface area contributed by atoms with Crippen molar-refractivity contribution in [3.05, 3.63) is 54.1 Å². The fourth-order valence-electron chi connectivity index (χ4n) is 2.14. The lowest BCUT2D eigenvalue weighted by Crippen LogP contribution is -2.33. The third-order valence-corrected chi connectivity index (χ3v) is 3.13. The minimum atomic E-state index is -0.277. The highest BCUT2D eigenvalue weighted by molar-refractivity contribution is 5.35. The number of nitrogens with zero attached hydrogens (tertiary/aromatic N) is 1. The van der Waals surface area contributed by atoms with Gasteiger partial charge in [-0.15, -0.1) is 0 Å². The molecule has 2 aromatic rings. The summed E-state index contributed by atoms with van der Waals surface area (Å²) in [6, 6.07) is 8.20. The Morgan fingerprint density at radius 3 is 2.80 bits per heavy atom. The molecule has 3 rings (SSSR count). The largest absolute Gasteiger partial charge is 0.457 e. The average Bonchev–Trinajstić information content (AvgIpc) is 2.51. The van der Waals surface area contributed by atoms with Crippen LogP contribution in [0.25, 0.3) is 0 Å². The number of pyridine rings is 1. The van der Waals surface area contributed by atoms with E-state index in [0.717, 1.165) is 6.54 Å². The van der Waals surface area contributed by atoms with Crippen LogP contribution in [0.15, 0.2) is 42.7 Å². The molecule has 4 nitrogen and oxygen atoms in total. The quantitative estimate of drug-likeness (QED) is 0.934. The molecule has 0 amide bonds. The van der Waals surface area contributed by atoms with Crippen LogP contribution in [0.4, 0.5) is 4.39 Å². The number of hydrogen-bond acceptors (Lipinski definition) is 4. The van der Waals surface area contributed by atoms with E-state index in [-0.39, 0.29) is 11.9 Å². The Balaban J connectivity index is 1.82. The maximum Gasteiger partial charge on any atom is 0.130 e. The van der Waals surface area contributed by atoms with Crippen LogP contribution < -0.4 is 10.1 Å². The Kier molecular flexibility index (Phi) is 3.90. The molecule has 1 aliphatic heterocycles. The predicted molar refractivity (Wildman–Crippen MR) is 72.3 cm³/mol. The molecule has 0 spiro atoms. The number of halogens is 1. The Hall–Kier alpha value is -1.98. The summed E-state index contributed by atoms with van der Waals surface area (Å²) < 4.78 is 25.2. The molecule has 0 aliphatic carbocycles. The van der Waals surface area contributed by atoms with Crippen molar-refractivity contribution in [3.8, 4) is 11.5 Å². The maximum atomic E-state index is 13.9. The van der Waals surface area contributed by atoms with Gasteiger partial charge in [0.1, 0.15) is 17.3 Å². The zero-order valence-corrected chi connectivity index (χ0v) is 10.9. The van der Waals surface area contributed by atoms with Gasteiger partial charge in [0.2, 0.25) is 0 Å². The summed E-state index contributed by atoms with van der Waals surface area (Å²) in [5.41, 5.74) is 0.517. The van der Waals surface area contributed by atoms with Crippen molar-refractivity contribution in [2.24, 2.45) is 0 Å². The van der Waals surface area contributed by atoms with Gasteiger partial charge in [0.15, 0.2) is 0 Å². The first-order chi connectivity index (χ1) is 9.83. The minimum absolute atomic E-state index is 0.273. The van der Waals surface area contributed by atoms with Crippen LogP contribution >= 0.6 is 0 Å². The van der Waals surface area contributed by atoms with Crippen molar-refractivity contribution in [2.75, 3.05) is 19.7 Å². The molecule has 0 radical (unpaired) electrons. The third-order valence-electron chi connectivity index (χ3n) is 3.13. The lowest BCUT2D eigenvalue weighted by molar-refractivity contribution is 0.0254. The van der Waals surface area contributed by atoms with Crippen LogP contribution in [0, 0.1) is 5.82 Å². The van der Waals surface area contributed by atoms with Gasteiger partial charge in [-0.2, -0.15) is 0 Å². The van der Waals surface area contributed by atoms with Gasteiger partial charge < -0.3 is 14.8 Å². The molecule has 1 aromatic heterocycles. The summed E-state index contributed by atoms with van der Waals surface area (Å²) in [5.74, 6) is 0.975. The molecular formula is C15H15FN2O2.